The van der Waals surface area contributed by atoms with Gasteiger partial charge >= 0.3 is 0 Å². The summed E-state index contributed by atoms with van der Waals surface area (Å²) < 4.78 is 7.67. The average molecular weight is 371 g/mol. The van der Waals surface area contributed by atoms with E-state index in [4.69, 9.17) is 10.5 Å². The van der Waals surface area contributed by atoms with Gasteiger partial charge in [-0.05, 0) is 45.3 Å². The van der Waals surface area contributed by atoms with E-state index in [9.17, 15) is 0 Å². The lowest BCUT2D eigenvalue weighted by Gasteiger charge is -2.08. The zero-order valence-corrected chi connectivity index (χ0v) is 12.9. The number of anilines is 1. The van der Waals surface area contributed by atoms with Gasteiger partial charge in [0.1, 0.15) is 0 Å². The van der Waals surface area contributed by atoms with Crippen LogP contribution in [0.2, 0.25) is 0 Å². The lowest BCUT2D eigenvalue weighted by Crippen LogP contribution is -1.97. The van der Waals surface area contributed by atoms with Crippen LogP contribution in [0.5, 0.6) is 0 Å². The van der Waals surface area contributed by atoms with Gasteiger partial charge in [0.25, 0.3) is 0 Å². The second-order valence-corrected chi connectivity index (χ2v) is 5.65. The largest absolute Gasteiger partial charge is 0.398 e. The fourth-order valence-electron chi connectivity index (χ4n) is 1.62. The van der Waals surface area contributed by atoms with E-state index in [2.05, 4.69) is 31.9 Å². The van der Waals surface area contributed by atoms with Crippen molar-refractivity contribution in [1.82, 2.24) is 0 Å². The Hall–Kier alpha value is -0.840. The average Bonchev–Trinajstić information content (AvgIpc) is 2.35. The van der Waals surface area contributed by atoms with Crippen molar-refractivity contribution in [2.75, 3.05) is 5.73 Å². The Morgan fingerprint density at radius 2 is 1.78 bits per heavy atom. The van der Waals surface area contributed by atoms with Crippen molar-refractivity contribution in [3.05, 3.63) is 62.5 Å². The minimum absolute atomic E-state index is 0.540. The Bertz CT molecular complexity index is 543. The Labute approximate surface area is 123 Å². The minimum Gasteiger partial charge on any atom is -0.398 e. The summed E-state index contributed by atoms with van der Waals surface area (Å²) in [4.78, 5) is 0. The monoisotopic (exact) mass is 369 g/mol. The molecule has 0 bridgehead atoms. The molecule has 2 aromatic carbocycles. The van der Waals surface area contributed by atoms with Crippen molar-refractivity contribution in [3.63, 3.8) is 0 Å². The highest BCUT2D eigenvalue weighted by atomic mass is 79.9. The quantitative estimate of drug-likeness (QED) is 0.803. The van der Waals surface area contributed by atoms with Gasteiger partial charge in [-0.3, -0.25) is 0 Å². The first-order chi connectivity index (χ1) is 8.66. The molecule has 0 aliphatic carbocycles. The van der Waals surface area contributed by atoms with E-state index in [0.717, 1.165) is 25.8 Å². The molecule has 0 saturated carbocycles. The Kier molecular flexibility index (Phi) is 4.80. The molecule has 0 amide bonds. The molecule has 0 aliphatic heterocycles. The molecule has 2 nitrogen and oxygen atoms in total. The first-order valence-electron chi connectivity index (χ1n) is 5.52. The molecule has 94 valence electrons. The molecule has 0 unspecified atom stereocenters. The van der Waals surface area contributed by atoms with Gasteiger partial charge in [0.15, 0.2) is 0 Å². The van der Waals surface area contributed by atoms with Crippen LogP contribution in [0.3, 0.4) is 0 Å². The normalized spacial score (nSPS) is 10.6. The van der Waals surface area contributed by atoms with Gasteiger partial charge in [0, 0.05) is 14.6 Å². The second kappa shape index (κ2) is 6.36. The standard InChI is InChI=1S/C14H13Br2NO/c15-12-5-1-3-10(7-12)8-18-9-11-4-2-6-13(17)14(11)16/h1-7H,8-9,17H2. The minimum atomic E-state index is 0.540. The van der Waals surface area contributed by atoms with Crippen molar-refractivity contribution in [2.45, 2.75) is 13.2 Å². The summed E-state index contributed by atoms with van der Waals surface area (Å²) in [6, 6.07) is 13.9. The molecule has 0 fully saturated rings. The molecule has 0 atom stereocenters. The summed E-state index contributed by atoms with van der Waals surface area (Å²) in [5.41, 5.74) is 8.75. The van der Waals surface area contributed by atoms with E-state index in [1.165, 1.54) is 0 Å². The van der Waals surface area contributed by atoms with Gasteiger partial charge < -0.3 is 10.5 Å². The SMILES string of the molecule is Nc1cccc(COCc2cccc(Br)c2)c1Br. The molecule has 4 heteroatoms. The number of rotatable bonds is 4. The summed E-state index contributed by atoms with van der Waals surface area (Å²) in [6.07, 6.45) is 0. The smallest absolute Gasteiger partial charge is 0.0733 e. The summed E-state index contributed by atoms with van der Waals surface area (Å²) in [5, 5.41) is 0. The highest BCUT2D eigenvalue weighted by molar-refractivity contribution is 9.11. The van der Waals surface area contributed by atoms with Crippen LogP contribution >= 0.6 is 31.9 Å². The maximum atomic E-state index is 5.81. The third-order valence-corrected chi connectivity index (χ3v) is 3.98. The Morgan fingerprint density at radius 1 is 1.00 bits per heavy atom. The van der Waals surface area contributed by atoms with Crippen LogP contribution in [-0.2, 0) is 18.0 Å². The van der Waals surface area contributed by atoms with Gasteiger partial charge in [-0.2, -0.15) is 0 Å². The van der Waals surface area contributed by atoms with E-state index >= 15 is 0 Å². The van der Waals surface area contributed by atoms with E-state index in [0.29, 0.717) is 13.2 Å². The van der Waals surface area contributed by atoms with Crippen molar-refractivity contribution >= 4 is 37.5 Å². The molecule has 2 N–H and O–H groups in total. The molecule has 0 radical (unpaired) electrons. The van der Waals surface area contributed by atoms with Crippen LogP contribution in [0.4, 0.5) is 5.69 Å². The fourth-order valence-corrected chi connectivity index (χ4v) is 2.44. The van der Waals surface area contributed by atoms with Crippen LogP contribution in [0.1, 0.15) is 11.1 Å². The van der Waals surface area contributed by atoms with E-state index in [1.807, 2.05) is 42.5 Å². The number of ether oxygens (including phenoxy) is 1. The number of hydrogen-bond donors (Lipinski definition) is 1. The van der Waals surface area contributed by atoms with Gasteiger partial charge in [0.2, 0.25) is 0 Å². The number of nitrogens with two attached hydrogens (primary N) is 1. The second-order valence-electron chi connectivity index (χ2n) is 3.94. The predicted molar refractivity (Wildman–Crippen MR) is 81.2 cm³/mol. The number of nitrogen functional groups attached to an aromatic ring is 1. The van der Waals surface area contributed by atoms with Crippen LogP contribution in [0.15, 0.2) is 51.4 Å². The number of halogens is 2. The molecule has 0 heterocycles. The summed E-state index contributed by atoms with van der Waals surface area (Å²) >= 11 is 6.91. The van der Waals surface area contributed by atoms with Crippen molar-refractivity contribution in [2.24, 2.45) is 0 Å². The highest BCUT2D eigenvalue weighted by Crippen LogP contribution is 2.24. The lowest BCUT2D eigenvalue weighted by atomic mass is 10.2. The molecular formula is C14H13Br2NO. The summed E-state index contributed by atoms with van der Waals surface area (Å²) in [6.45, 7) is 1.12. The molecule has 2 rings (SSSR count). The lowest BCUT2D eigenvalue weighted by molar-refractivity contribution is 0.107. The summed E-state index contributed by atoms with van der Waals surface area (Å²) in [7, 11) is 0. The van der Waals surface area contributed by atoms with Crippen LogP contribution < -0.4 is 5.73 Å². The van der Waals surface area contributed by atoms with Gasteiger partial charge in [-0.1, -0.05) is 40.2 Å². The van der Waals surface area contributed by atoms with Crippen LogP contribution in [0, 0.1) is 0 Å². The fraction of sp³-hybridized carbons (Fsp3) is 0.143. The molecule has 18 heavy (non-hydrogen) atoms. The summed E-state index contributed by atoms with van der Waals surface area (Å²) in [5.74, 6) is 0. The molecule has 2 aromatic rings. The Morgan fingerprint density at radius 3 is 2.56 bits per heavy atom. The maximum Gasteiger partial charge on any atom is 0.0733 e. The zero-order valence-electron chi connectivity index (χ0n) is 9.70. The molecule has 0 aliphatic rings. The molecular weight excluding hydrogens is 358 g/mol. The highest BCUT2D eigenvalue weighted by Gasteiger charge is 2.03. The van der Waals surface area contributed by atoms with Crippen molar-refractivity contribution in [3.8, 4) is 0 Å². The topological polar surface area (TPSA) is 35.2 Å². The number of benzene rings is 2. The van der Waals surface area contributed by atoms with Gasteiger partial charge in [-0.25, -0.2) is 0 Å². The van der Waals surface area contributed by atoms with Crippen molar-refractivity contribution < 1.29 is 4.74 Å². The van der Waals surface area contributed by atoms with Gasteiger partial charge in [0.05, 0.1) is 13.2 Å². The predicted octanol–water partition coefficient (Wildman–Crippen LogP) is 4.51. The van der Waals surface area contributed by atoms with E-state index in [-0.39, 0.29) is 0 Å². The van der Waals surface area contributed by atoms with E-state index < -0.39 is 0 Å². The Balaban J connectivity index is 1.94. The van der Waals surface area contributed by atoms with Crippen LogP contribution in [-0.4, -0.2) is 0 Å². The third kappa shape index (κ3) is 3.57. The maximum absolute atomic E-state index is 5.81. The van der Waals surface area contributed by atoms with E-state index in [1.54, 1.807) is 0 Å². The van der Waals surface area contributed by atoms with Crippen LogP contribution in [0.25, 0.3) is 0 Å². The first-order valence-corrected chi connectivity index (χ1v) is 7.10. The molecule has 0 spiro atoms. The third-order valence-electron chi connectivity index (χ3n) is 2.52. The van der Waals surface area contributed by atoms with Gasteiger partial charge in [-0.15, -0.1) is 0 Å². The van der Waals surface area contributed by atoms with Crippen molar-refractivity contribution in [1.29, 1.82) is 0 Å². The number of hydrogen-bond acceptors (Lipinski definition) is 2. The zero-order chi connectivity index (χ0) is 13.0. The molecule has 0 saturated heterocycles. The molecule has 0 aromatic heterocycles. The first kappa shape index (κ1) is 13.6.